The Morgan fingerprint density at radius 2 is 2.05 bits per heavy atom. The summed E-state index contributed by atoms with van der Waals surface area (Å²) in [4.78, 5) is 2.19. The van der Waals surface area contributed by atoms with E-state index in [2.05, 4.69) is 43.1 Å². The monoisotopic (exact) mass is 287 g/mol. The van der Waals surface area contributed by atoms with Gasteiger partial charge >= 0.3 is 0 Å². The maximum atomic E-state index is 10.4. The zero-order valence-electron chi connectivity index (χ0n) is 13.5. The molecule has 2 nitrogen and oxygen atoms in total. The van der Waals surface area contributed by atoms with E-state index >= 15 is 0 Å². The number of rotatable bonds is 6. The van der Waals surface area contributed by atoms with Crippen molar-refractivity contribution in [1.82, 2.24) is 4.90 Å². The van der Waals surface area contributed by atoms with Crippen LogP contribution >= 0.6 is 0 Å². The Labute approximate surface area is 129 Å². The van der Waals surface area contributed by atoms with Gasteiger partial charge in [-0.3, -0.25) is 0 Å². The van der Waals surface area contributed by atoms with Gasteiger partial charge in [-0.05, 0) is 68.2 Å². The summed E-state index contributed by atoms with van der Waals surface area (Å²) >= 11 is 0. The van der Waals surface area contributed by atoms with Gasteiger partial charge in [0.25, 0.3) is 0 Å². The molecule has 0 amide bonds. The van der Waals surface area contributed by atoms with E-state index in [0.29, 0.717) is 0 Å². The van der Waals surface area contributed by atoms with Crippen LogP contribution < -0.4 is 0 Å². The van der Waals surface area contributed by atoms with E-state index in [-0.39, 0.29) is 6.10 Å². The molecule has 116 valence electrons. The first-order valence-corrected chi connectivity index (χ1v) is 8.61. The molecule has 21 heavy (non-hydrogen) atoms. The molecule has 0 spiro atoms. The van der Waals surface area contributed by atoms with Gasteiger partial charge in [0.2, 0.25) is 0 Å². The minimum atomic E-state index is -0.255. The molecule has 0 aromatic heterocycles. The van der Waals surface area contributed by atoms with Crippen molar-refractivity contribution in [3.63, 3.8) is 0 Å². The van der Waals surface area contributed by atoms with Crippen molar-refractivity contribution in [2.75, 3.05) is 20.1 Å². The van der Waals surface area contributed by atoms with Gasteiger partial charge in [-0.15, -0.1) is 0 Å². The SMILES string of the molecule is CCN(C)CC(O)Cc1ccccc1C1CC2CCC1C2. The summed E-state index contributed by atoms with van der Waals surface area (Å²) in [7, 11) is 2.07. The molecule has 3 rings (SSSR count). The molecule has 0 radical (unpaired) electrons. The standard InChI is InChI=1S/C19H29NO/c1-3-20(2)13-17(21)12-15-6-4-5-7-18(15)19-11-14-8-9-16(19)10-14/h4-7,14,16-17,19,21H,3,8-13H2,1-2H3. The first kappa shape index (κ1) is 15.1. The van der Waals surface area contributed by atoms with Gasteiger partial charge in [0.1, 0.15) is 0 Å². The molecule has 0 aliphatic heterocycles. The predicted molar refractivity (Wildman–Crippen MR) is 87.5 cm³/mol. The molecule has 2 heteroatoms. The molecule has 0 heterocycles. The third-order valence-corrected chi connectivity index (χ3v) is 5.71. The number of likely N-dealkylation sites (N-methyl/N-ethyl adjacent to an activating group) is 1. The van der Waals surface area contributed by atoms with Gasteiger partial charge in [0, 0.05) is 6.54 Å². The average Bonchev–Trinajstić information content (AvgIpc) is 3.10. The number of aliphatic hydroxyl groups is 1. The van der Waals surface area contributed by atoms with Crippen LogP contribution in [0.4, 0.5) is 0 Å². The highest BCUT2D eigenvalue weighted by atomic mass is 16.3. The van der Waals surface area contributed by atoms with E-state index < -0.39 is 0 Å². The van der Waals surface area contributed by atoms with Crippen molar-refractivity contribution >= 4 is 0 Å². The third kappa shape index (κ3) is 3.32. The van der Waals surface area contributed by atoms with Gasteiger partial charge in [-0.1, -0.05) is 37.6 Å². The molecule has 4 atom stereocenters. The van der Waals surface area contributed by atoms with Crippen LogP contribution in [0.3, 0.4) is 0 Å². The maximum Gasteiger partial charge on any atom is 0.0707 e. The molecule has 1 N–H and O–H groups in total. The van der Waals surface area contributed by atoms with Gasteiger partial charge in [-0.2, -0.15) is 0 Å². The Hall–Kier alpha value is -0.860. The Morgan fingerprint density at radius 3 is 2.71 bits per heavy atom. The summed E-state index contributed by atoms with van der Waals surface area (Å²) < 4.78 is 0. The summed E-state index contributed by atoms with van der Waals surface area (Å²) in [6, 6.07) is 8.85. The summed E-state index contributed by atoms with van der Waals surface area (Å²) in [5.41, 5.74) is 2.91. The van der Waals surface area contributed by atoms with Crippen LogP contribution in [0.2, 0.25) is 0 Å². The Morgan fingerprint density at radius 1 is 1.24 bits per heavy atom. The van der Waals surface area contributed by atoms with E-state index in [0.717, 1.165) is 37.3 Å². The number of hydrogen-bond donors (Lipinski definition) is 1. The van der Waals surface area contributed by atoms with Crippen molar-refractivity contribution < 1.29 is 5.11 Å². The lowest BCUT2D eigenvalue weighted by Gasteiger charge is -2.26. The van der Waals surface area contributed by atoms with E-state index in [1.165, 1.54) is 36.8 Å². The molecular weight excluding hydrogens is 258 g/mol. The third-order valence-electron chi connectivity index (χ3n) is 5.71. The van der Waals surface area contributed by atoms with Crippen LogP contribution in [0.25, 0.3) is 0 Å². The molecule has 0 saturated heterocycles. The average molecular weight is 287 g/mol. The Bertz CT molecular complexity index is 472. The maximum absolute atomic E-state index is 10.4. The fraction of sp³-hybridized carbons (Fsp3) is 0.684. The van der Waals surface area contributed by atoms with Crippen molar-refractivity contribution in [1.29, 1.82) is 0 Å². The summed E-state index contributed by atoms with van der Waals surface area (Å²) in [6.07, 6.45) is 6.24. The van der Waals surface area contributed by atoms with E-state index in [1.807, 2.05) is 0 Å². The van der Waals surface area contributed by atoms with Crippen molar-refractivity contribution in [3.05, 3.63) is 35.4 Å². The van der Waals surface area contributed by atoms with Crippen LogP contribution in [0.5, 0.6) is 0 Å². The molecule has 2 bridgehead atoms. The minimum Gasteiger partial charge on any atom is -0.391 e. The number of fused-ring (bicyclic) bond motifs is 2. The zero-order valence-corrected chi connectivity index (χ0v) is 13.5. The second-order valence-corrected chi connectivity index (χ2v) is 7.19. The highest BCUT2D eigenvalue weighted by Crippen LogP contribution is 2.53. The van der Waals surface area contributed by atoms with Gasteiger partial charge in [-0.25, -0.2) is 0 Å². The zero-order chi connectivity index (χ0) is 14.8. The Balaban J connectivity index is 1.71. The predicted octanol–water partition coefficient (Wildman–Crippen LogP) is 3.45. The normalized spacial score (nSPS) is 29.2. The van der Waals surface area contributed by atoms with Crippen LogP contribution in [0.15, 0.2) is 24.3 Å². The van der Waals surface area contributed by atoms with Crippen LogP contribution in [-0.4, -0.2) is 36.2 Å². The van der Waals surface area contributed by atoms with E-state index in [1.54, 1.807) is 0 Å². The van der Waals surface area contributed by atoms with Crippen LogP contribution in [0, 0.1) is 11.8 Å². The molecule has 4 unspecified atom stereocenters. The van der Waals surface area contributed by atoms with Crippen molar-refractivity contribution in [3.8, 4) is 0 Å². The molecule has 2 saturated carbocycles. The van der Waals surface area contributed by atoms with E-state index in [4.69, 9.17) is 0 Å². The summed E-state index contributed by atoms with van der Waals surface area (Å²) in [5.74, 6) is 2.65. The number of benzene rings is 1. The van der Waals surface area contributed by atoms with Crippen molar-refractivity contribution in [2.45, 2.75) is 51.0 Å². The molecule has 2 aliphatic rings. The number of aliphatic hydroxyl groups excluding tert-OH is 1. The summed E-state index contributed by atoms with van der Waals surface area (Å²) in [6.45, 7) is 3.89. The molecule has 1 aromatic rings. The largest absolute Gasteiger partial charge is 0.391 e. The smallest absolute Gasteiger partial charge is 0.0707 e. The lowest BCUT2D eigenvalue weighted by atomic mass is 9.80. The number of hydrogen-bond acceptors (Lipinski definition) is 2. The first-order chi connectivity index (χ1) is 10.2. The molecular formula is C19H29NO. The van der Waals surface area contributed by atoms with Gasteiger partial charge in [0.05, 0.1) is 6.10 Å². The quantitative estimate of drug-likeness (QED) is 0.866. The van der Waals surface area contributed by atoms with Crippen LogP contribution in [-0.2, 0) is 6.42 Å². The Kier molecular flexibility index (Phi) is 4.66. The first-order valence-electron chi connectivity index (χ1n) is 8.61. The molecule has 1 aromatic carbocycles. The van der Waals surface area contributed by atoms with Gasteiger partial charge in [0.15, 0.2) is 0 Å². The molecule has 2 aliphatic carbocycles. The second-order valence-electron chi connectivity index (χ2n) is 7.19. The lowest BCUT2D eigenvalue weighted by molar-refractivity contribution is 0.128. The highest BCUT2D eigenvalue weighted by Gasteiger charge is 2.40. The fourth-order valence-corrected chi connectivity index (χ4v) is 4.51. The topological polar surface area (TPSA) is 23.5 Å². The molecule has 2 fully saturated rings. The van der Waals surface area contributed by atoms with Crippen LogP contribution in [0.1, 0.15) is 49.7 Å². The highest BCUT2D eigenvalue weighted by molar-refractivity contribution is 5.33. The number of nitrogens with zero attached hydrogens (tertiary/aromatic N) is 1. The van der Waals surface area contributed by atoms with E-state index in [9.17, 15) is 5.11 Å². The van der Waals surface area contributed by atoms with Crippen molar-refractivity contribution in [2.24, 2.45) is 11.8 Å². The fourth-order valence-electron chi connectivity index (χ4n) is 4.51. The lowest BCUT2D eigenvalue weighted by Crippen LogP contribution is -2.30. The second kappa shape index (κ2) is 6.50. The summed E-state index contributed by atoms with van der Waals surface area (Å²) in [5, 5.41) is 10.4. The van der Waals surface area contributed by atoms with Gasteiger partial charge < -0.3 is 10.0 Å². The minimum absolute atomic E-state index is 0.255.